The van der Waals surface area contributed by atoms with Gasteiger partial charge in [0, 0.05) is 5.02 Å². The summed E-state index contributed by atoms with van der Waals surface area (Å²) >= 11 is 5.80. The third-order valence-corrected chi connectivity index (χ3v) is 3.25. The number of halogens is 1. The van der Waals surface area contributed by atoms with E-state index in [9.17, 15) is 9.59 Å². The lowest BCUT2D eigenvalue weighted by atomic mass is 10.1. The molecule has 108 valence electrons. The zero-order valence-corrected chi connectivity index (χ0v) is 12.0. The number of aromatic carboxylic acids is 1. The Balaban J connectivity index is 2.18. The average molecular weight is 305 g/mol. The summed E-state index contributed by atoms with van der Waals surface area (Å²) in [6.07, 6.45) is -0.503. The van der Waals surface area contributed by atoms with E-state index in [4.69, 9.17) is 21.4 Å². The maximum absolute atomic E-state index is 12.1. The molecule has 0 spiro atoms. The first kappa shape index (κ1) is 15.1. The van der Waals surface area contributed by atoms with Crippen molar-refractivity contribution in [3.8, 4) is 0 Å². The Morgan fingerprint density at radius 1 is 1.05 bits per heavy atom. The van der Waals surface area contributed by atoms with E-state index in [1.54, 1.807) is 43.3 Å². The van der Waals surface area contributed by atoms with Crippen molar-refractivity contribution in [3.05, 3.63) is 70.2 Å². The molecule has 1 N–H and O–H groups in total. The van der Waals surface area contributed by atoms with Gasteiger partial charge in [-0.2, -0.15) is 0 Å². The molecule has 0 aromatic heterocycles. The Hall–Kier alpha value is -2.33. The molecule has 0 fully saturated rings. The molecule has 0 radical (unpaired) electrons. The van der Waals surface area contributed by atoms with E-state index >= 15 is 0 Å². The molecule has 0 aliphatic rings. The summed E-state index contributed by atoms with van der Waals surface area (Å²) < 4.78 is 5.31. The monoisotopic (exact) mass is 304 g/mol. The summed E-state index contributed by atoms with van der Waals surface area (Å²) in [5.41, 5.74) is 0.733. The lowest BCUT2D eigenvalue weighted by Gasteiger charge is -2.14. The van der Waals surface area contributed by atoms with E-state index in [2.05, 4.69) is 0 Å². The van der Waals surface area contributed by atoms with E-state index in [-0.39, 0.29) is 11.1 Å². The maximum atomic E-state index is 12.1. The van der Waals surface area contributed by atoms with E-state index in [0.29, 0.717) is 5.02 Å². The first-order chi connectivity index (χ1) is 9.99. The highest BCUT2D eigenvalue weighted by molar-refractivity contribution is 6.30. The molecule has 0 aliphatic carbocycles. The molecular weight excluding hydrogens is 292 g/mol. The van der Waals surface area contributed by atoms with E-state index in [1.165, 1.54) is 12.1 Å². The van der Waals surface area contributed by atoms with Crippen LogP contribution in [0, 0.1) is 0 Å². The van der Waals surface area contributed by atoms with Crippen LogP contribution >= 0.6 is 11.6 Å². The number of carbonyl (C=O) groups excluding carboxylic acids is 1. The molecule has 1 atom stereocenters. The third-order valence-electron chi connectivity index (χ3n) is 3.00. The number of hydrogen-bond donors (Lipinski definition) is 1. The zero-order chi connectivity index (χ0) is 15.4. The summed E-state index contributed by atoms with van der Waals surface area (Å²) in [4.78, 5) is 23.2. The van der Waals surface area contributed by atoms with Crippen LogP contribution in [0.25, 0.3) is 0 Å². The van der Waals surface area contributed by atoms with Gasteiger partial charge in [-0.15, -0.1) is 0 Å². The predicted octanol–water partition coefficient (Wildman–Crippen LogP) is 3.96. The molecule has 4 nitrogen and oxygen atoms in total. The minimum absolute atomic E-state index is 0.0332. The molecule has 0 heterocycles. The molecular formula is C16H13ClO4. The number of rotatable bonds is 4. The normalized spacial score (nSPS) is 11.7. The Morgan fingerprint density at radius 3 is 2.19 bits per heavy atom. The van der Waals surface area contributed by atoms with Gasteiger partial charge in [0.15, 0.2) is 0 Å². The summed E-state index contributed by atoms with van der Waals surface area (Å²) in [6.45, 7) is 1.71. The van der Waals surface area contributed by atoms with Crippen LogP contribution in [0.15, 0.2) is 48.5 Å². The molecule has 0 amide bonds. The topological polar surface area (TPSA) is 63.6 Å². The molecule has 0 saturated heterocycles. The fraction of sp³-hybridized carbons (Fsp3) is 0.125. The number of ether oxygens (including phenoxy) is 1. The second-order valence-corrected chi connectivity index (χ2v) is 4.89. The lowest BCUT2D eigenvalue weighted by molar-refractivity contribution is 0.0332. The highest BCUT2D eigenvalue weighted by Gasteiger charge is 2.19. The van der Waals surface area contributed by atoms with Crippen LogP contribution in [0.2, 0.25) is 5.02 Å². The first-order valence-corrected chi connectivity index (χ1v) is 6.65. The molecule has 2 rings (SSSR count). The van der Waals surface area contributed by atoms with Gasteiger partial charge in [-0.3, -0.25) is 0 Å². The number of esters is 1. The standard InChI is InChI=1S/C16H13ClO4/c1-10(11-6-8-12(17)9-7-11)21-16(20)14-5-3-2-4-13(14)15(18)19/h2-10H,1H3,(H,18,19). The molecule has 0 bridgehead atoms. The lowest BCUT2D eigenvalue weighted by Crippen LogP contribution is -2.13. The van der Waals surface area contributed by atoms with Gasteiger partial charge >= 0.3 is 11.9 Å². The van der Waals surface area contributed by atoms with Crippen molar-refractivity contribution in [2.24, 2.45) is 0 Å². The van der Waals surface area contributed by atoms with Crippen molar-refractivity contribution in [2.45, 2.75) is 13.0 Å². The van der Waals surface area contributed by atoms with Crippen LogP contribution in [0.4, 0.5) is 0 Å². The number of carbonyl (C=O) groups is 2. The Kier molecular flexibility index (Phi) is 4.60. The first-order valence-electron chi connectivity index (χ1n) is 6.28. The van der Waals surface area contributed by atoms with Crippen molar-refractivity contribution in [2.75, 3.05) is 0 Å². The van der Waals surface area contributed by atoms with Crippen molar-refractivity contribution in [1.82, 2.24) is 0 Å². The molecule has 21 heavy (non-hydrogen) atoms. The summed E-state index contributed by atoms with van der Waals surface area (Å²) in [5, 5.41) is 9.66. The quantitative estimate of drug-likeness (QED) is 0.868. The largest absolute Gasteiger partial charge is 0.478 e. The maximum Gasteiger partial charge on any atom is 0.339 e. The Bertz CT molecular complexity index is 664. The zero-order valence-electron chi connectivity index (χ0n) is 11.2. The smallest absolute Gasteiger partial charge is 0.339 e. The van der Waals surface area contributed by atoms with E-state index in [0.717, 1.165) is 5.56 Å². The van der Waals surface area contributed by atoms with Crippen LogP contribution in [-0.2, 0) is 4.74 Å². The predicted molar refractivity (Wildman–Crippen MR) is 78.7 cm³/mol. The molecule has 1 unspecified atom stereocenters. The molecule has 0 aliphatic heterocycles. The molecule has 2 aromatic carbocycles. The van der Waals surface area contributed by atoms with E-state index in [1.807, 2.05) is 0 Å². The fourth-order valence-electron chi connectivity index (χ4n) is 1.87. The third kappa shape index (κ3) is 3.61. The van der Waals surface area contributed by atoms with Crippen LogP contribution in [0.1, 0.15) is 39.3 Å². The minimum Gasteiger partial charge on any atom is -0.478 e. The fourth-order valence-corrected chi connectivity index (χ4v) is 2.00. The summed E-state index contributed by atoms with van der Waals surface area (Å²) in [5.74, 6) is -1.84. The second-order valence-electron chi connectivity index (χ2n) is 4.45. The van der Waals surface area contributed by atoms with Gasteiger partial charge in [-0.1, -0.05) is 35.9 Å². The highest BCUT2D eigenvalue weighted by atomic mass is 35.5. The van der Waals surface area contributed by atoms with Gasteiger partial charge in [0.1, 0.15) is 6.10 Å². The summed E-state index contributed by atoms with van der Waals surface area (Å²) in [6, 6.07) is 12.9. The van der Waals surface area contributed by atoms with Gasteiger partial charge in [0.05, 0.1) is 11.1 Å². The average Bonchev–Trinajstić information content (AvgIpc) is 2.47. The number of benzene rings is 2. The second kappa shape index (κ2) is 6.41. The van der Waals surface area contributed by atoms with Crippen LogP contribution in [0.3, 0.4) is 0 Å². The summed E-state index contributed by atoms with van der Waals surface area (Å²) in [7, 11) is 0. The molecule has 2 aromatic rings. The van der Waals surface area contributed by atoms with Crippen molar-refractivity contribution < 1.29 is 19.4 Å². The number of hydrogen-bond acceptors (Lipinski definition) is 3. The van der Waals surface area contributed by atoms with E-state index < -0.39 is 18.0 Å². The number of carboxylic acid groups (broad SMARTS) is 1. The van der Waals surface area contributed by atoms with Gasteiger partial charge in [0.25, 0.3) is 0 Å². The van der Waals surface area contributed by atoms with Gasteiger partial charge < -0.3 is 9.84 Å². The minimum atomic E-state index is -1.17. The van der Waals surface area contributed by atoms with Crippen LogP contribution in [0.5, 0.6) is 0 Å². The van der Waals surface area contributed by atoms with Crippen molar-refractivity contribution >= 4 is 23.5 Å². The van der Waals surface area contributed by atoms with Gasteiger partial charge in [-0.05, 0) is 36.8 Å². The Morgan fingerprint density at radius 2 is 1.62 bits per heavy atom. The molecule has 5 heteroatoms. The van der Waals surface area contributed by atoms with Gasteiger partial charge in [0.2, 0.25) is 0 Å². The SMILES string of the molecule is CC(OC(=O)c1ccccc1C(=O)O)c1ccc(Cl)cc1. The molecule has 0 saturated carbocycles. The number of carboxylic acids is 1. The van der Waals surface area contributed by atoms with Crippen LogP contribution < -0.4 is 0 Å². The Labute approximate surface area is 126 Å². The van der Waals surface area contributed by atoms with Crippen molar-refractivity contribution in [1.29, 1.82) is 0 Å². The van der Waals surface area contributed by atoms with Crippen molar-refractivity contribution in [3.63, 3.8) is 0 Å². The van der Waals surface area contributed by atoms with Gasteiger partial charge in [-0.25, -0.2) is 9.59 Å². The van der Waals surface area contributed by atoms with Crippen LogP contribution in [-0.4, -0.2) is 17.0 Å². The highest BCUT2D eigenvalue weighted by Crippen LogP contribution is 2.21.